The van der Waals surface area contributed by atoms with Gasteiger partial charge in [0.25, 0.3) is 0 Å². The van der Waals surface area contributed by atoms with Crippen molar-refractivity contribution < 1.29 is 59.8 Å². The fourth-order valence-electron chi connectivity index (χ4n) is 13.0. The Morgan fingerprint density at radius 3 is 1.96 bits per heavy atom. The van der Waals surface area contributed by atoms with E-state index in [-0.39, 0.29) is 34.2 Å². The van der Waals surface area contributed by atoms with Gasteiger partial charge in [-0.15, -0.1) is 0 Å². The van der Waals surface area contributed by atoms with E-state index < -0.39 is 86.1 Å². The molecule has 0 radical (unpaired) electrons. The highest BCUT2D eigenvalue weighted by atomic mass is 16.8. The molecular formula is C42H70O12. The Morgan fingerprint density at radius 2 is 1.33 bits per heavy atom. The molecule has 4 saturated carbocycles. The molecule has 6 aliphatic rings. The molecule has 0 aromatic rings. The number of ether oxygens (including phenoxy) is 4. The summed E-state index contributed by atoms with van der Waals surface area (Å²) in [6.07, 6.45) is -5.12. The molecule has 12 heteroatoms. The summed E-state index contributed by atoms with van der Waals surface area (Å²) in [7, 11) is 0. The van der Waals surface area contributed by atoms with E-state index >= 15 is 0 Å². The summed E-state index contributed by atoms with van der Waals surface area (Å²) in [4.78, 5) is 0. The Balaban J connectivity index is 1.22. The van der Waals surface area contributed by atoms with Gasteiger partial charge in [-0.25, -0.2) is 0 Å². The van der Waals surface area contributed by atoms with Gasteiger partial charge in [-0.1, -0.05) is 58.4 Å². The SMILES string of the molecule is C=C(CCC=C(C)C)[C@H]1CC[C@]2(C)[C@@H]1[C@H](O)C[C@@H]1[C@@]3(C)CC[C@H](O[C@@H]4O[C@H](CO)[C@@H](O)[C@H](O)[C@@H]4O[C@@H]4O[C@@H](CO)[C@@H](O)[C@@H](O)[C@@H]4O)C(C)(C)[C@@H]3CC[C@]12C. The molecule has 310 valence electrons. The van der Waals surface area contributed by atoms with Crippen LogP contribution in [0.3, 0.4) is 0 Å². The standard InChI is InChI=1S/C42H70O12/c1-21(2)10-9-11-22(3)23-12-16-42(8)30(23)24(45)18-28-40(6)15-14-29(39(4,5)27(40)13-17-41(28,42)7)53-38-36(34(49)32(47)26(20-44)52-38)54-37-35(50)33(48)31(46)25(19-43)51-37/h10,23-38,43-50H,3,9,11-20H2,1-2,4-8H3/t23-,24-,25+,26-,27+,28-,29+,30+,31-,32-,33-,34+,35+,36+,37+,38+,40+,41-,42-/m1/s1. The van der Waals surface area contributed by atoms with Crippen molar-refractivity contribution in [1.82, 2.24) is 0 Å². The maximum absolute atomic E-state index is 12.1. The second-order valence-corrected chi connectivity index (χ2v) is 19.4. The maximum atomic E-state index is 12.1. The van der Waals surface area contributed by atoms with Gasteiger partial charge in [-0.05, 0) is 117 Å². The quantitative estimate of drug-likeness (QED) is 0.120. The molecule has 2 saturated heterocycles. The first-order valence-electron chi connectivity index (χ1n) is 20.5. The first-order chi connectivity index (χ1) is 25.3. The number of aliphatic hydroxyl groups is 8. The van der Waals surface area contributed by atoms with Crippen LogP contribution in [-0.2, 0) is 18.9 Å². The van der Waals surface area contributed by atoms with E-state index in [4.69, 9.17) is 18.9 Å². The zero-order valence-electron chi connectivity index (χ0n) is 33.5. The van der Waals surface area contributed by atoms with Crippen LogP contribution in [0.2, 0.25) is 0 Å². The number of hydrogen-bond acceptors (Lipinski definition) is 12. The lowest BCUT2D eigenvalue weighted by molar-refractivity contribution is -0.378. The minimum absolute atomic E-state index is 0.0217. The predicted octanol–water partition coefficient (Wildman–Crippen LogP) is 2.95. The highest BCUT2D eigenvalue weighted by Crippen LogP contribution is 2.75. The Bertz CT molecular complexity index is 1370. The smallest absolute Gasteiger partial charge is 0.187 e. The van der Waals surface area contributed by atoms with Gasteiger partial charge < -0.3 is 59.8 Å². The zero-order valence-corrected chi connectivity index (χ0v) is 33.5. The zero-order chi connectivity index (χ0) is 39.7. The number of aliphatic hydroxyl groups excluding tert-OH is 8. The first-order valence-corrected chi connectivity index (χ1v) is 20.5. The molecule has 6 rings (SSSR count). The molecule has 0 amide bonds. The van der Waals surface area contributed by atoms with Crippen LogP contribution < -0.4 is 0 Å². The van der Waals surface area contributed by atoms with Crippen molar-refractivity contribution in [2.24, 2.45) is 45.3 Å². The van der Waals surface area contributed by atoms with E-state index in [2.05, 4.69) is 61.1 Å². The number of rotatable bonds is 10. The summed E-state index contributed by atoms with van der Waals surface area (Å²) in [5, 5.41) is 85.4. The maximum Gasteiger partial charge on any atom is 0.187 e. The van der Waals surface area contributed by atoms with Crippen LogP contribution in [0.25, 0.3) is 0 Å². The van der Waals surface area contributed by atoms with Gasteiger partial charge in [0.15, 0.2) is 12.6 Å². The van der Waals surface area contributed by atoms with Crippen molar-refractivity contribution in [3.05, 3.63) is 23.8 Å². The van der Waals surface area contributed by atoms with Crippen LogP contribution in [0, 0.1) is 45.3 Å². The van der Waals surface area contributed by atoms with Gasteiger partial charge in [0.1, 0.15) is 48.8 Å². The third-order valence-corrected chi connectivity index (χ3v) is 16.1. The third-order valence-electron chi connectivity index (χ3n) is 16.1. The Kier molecular flexibility index (Phi) is 12.3. The van der Waals surface area contributed by atoms with Gasteiger partial charge in [-0.3, -0.25) is 0 Å². The van der Waals surface area contributed by atoms with Crippen molar-refractivity contribution in [3.63, 3.8) is 0 Å². The van der Waals surface area contributed by atoms with Crippen LogP contribution in [0.1, 0.15) is 106 Å². The van der Waals surface area contributed by atoms with Crippen molar-refractivity contribution in [2.75, 3.05) is 13.2 Å². The lowest BCUT2D eigenvalue weighted by Crippen LogP contribution is -2.67. The van der Waals surface area contributed by atoms with Crippen molar-refractivity contribution in [1.29, 1.82) is 0 Å². The summed E-state index contributed by atoms with van der Waals surface area (Å²) in [5.74, 6) is 1.03. The predicted molar refractivity (Wildman–Crippen MR) is 199 cm³/mol. The van der Waals surface area contributed by atoms with Gasteiger partial charge in [-0.2, -0.15) is 0 Å². The van der Waals surface area contributed by atoms with Crippen LogP contribution >= 0.6 is 0 Å². The van der Waals surface area contributed by atoms with E-state index in [0.717, 1.165) is 51.4 Å². The van der Waals surface area contributed by atoms with Gasteiger partial charge in [0, 0.05) is 0 Å². The average Bonchev–Trinajstić information content (AvgIpc) is 3.49. The second-order valence-electron chi connectivity index (χ2n) is 19.4. The fraction of sp³-hybridized carbons (Fsp3) is 0.905. The highest BCUT2D eigenvalue weighted by molar-refractivity contribution is 5.22. The number of hydrogen-bond donors (Lipinski definition) is 8. The van der Waals surface area contributed by atoms with Crippen LogP contribution in [0.4, 0.5) is 0 Å². The molecule has 4 aliphatic carbocycles. The first kappa shape index (κ1) is 42.6. The summed E-state index contributed by atoms with van der Waals surface area (Å²) >= 11 is 0. The van der Waals surface area contributed by atoms with E-state index in [1.54, 1.807) is 0 Å². The molecule has 8 N–H and O–H groups in total. The van der Waals surface area contributed by atoms with E-state index in [9.17, 15) is 40.9 Å². The fourth-order valence-corrected chi connectivity index (χ4v) is 13.0. The molecule has 0 spiro atoms. The molecule has 2 heterocycles. The monoisotopic (exact) mass is 766 g/mol. The van der Waals surface area contributed by atoms with Crippen molar-refractivity contribution in [3.8, 4) is 0 Å². The molecule has 0 unspecified atom stereocenters. The van der Waals surface area contributed by atoms with Gasteiger partial charge in [0.2, 0.25) is 0 Å². The molecule has 2 aliphatic heterocycles. The average molecular weight is 767 g/mol. The number of allylic oxidation sites excluding steroid dienone is 3. The molecule has 12 nitrogen and oxygen atoms in total. The molecule has 6 fully saturated rings. The van der Waals surface area contributed by atoms with E-state index in [1.807, 2.05) is 0 Å². The van der Waals surface area contributed by atoms with Crippen LogP contribution in [0.5, 0.6) is 0 Å². The lowest BCUT2D eigenvalue weighted by Gasteiger charge is -2.70. The molecule has 54 heavy (non-hydrogen) atoms. The highest BCUT2D eigenvalue weighted by Gasteiger charge is 2.70. The molecule has 0 aromatic carbocycles. The van der Waals surface area contributed by atoms with Crippen molar-refractivity contribution in [2.45, 2.75) is 180 Å². The van der Waals surface area contributed by atoms with Crippen molar-refractivity contribution >= 4 is 0 Å². The summed E-state index contributed by atoms with van der Waals surface area (Å²) in [6.45, 7) is 19.4. The third kappa shape index (κ3) is 6.89. The Hall–Kier alpha value is -1.00. The Morgan fingerprint density at radius 1 is 0.722 bits per heavy atom. The molecule has 19 atom stereocenters. The minimum atomic E-state index is -1.74. The molecule has 0 aromatic heterocycles. The van der Waals surface area contributed by atoms with E-state index in [1.165, 1.54) is 11.1 Å². The van der Waals surface area contributed by atoms with Gasteiger partial charge in [0.05, 0.1) is 25.4 Å². The van der Waals surface area contributed by atoms with E-state index in [0.29, 0.717) is 18.3 Å². The second kappa shape index (κ2) is 15.6. The number of fused-ring (bicyclic) bond motifs is 5. The Labute approximate surface area is 321 Å². The molecule has 0 bridgehead atoms. The normalized spacial score (nSPS) is 51.5. The topological polar surface area (TPSA) is 199 Å². The summed E-state index contributed by atoms with van der Waals surface area (Å²) in [6, 6.07) is 0. The summed E-state index contributed by atoms with van der Waals surface area (Å²) in [5.41, 5.74) is 2.12. The minimum Gasteiger partial charge on any atom is -0.394 e. The van der Waals surface area contributed by atoms with Crippen LogP contribution in [0.15, 0.2) is 23.8 Å². The molecular weight excluding hydrogens is 696 g/mol. The summed E-state index contributed by atoms with van der Waals surface area (Å²) < 4.78 is 24.4. The van der Waals surface area contributed by atoms with Gasteiger partial charge >= 0.3 is 0 Å². The lowest BCUT2D eigenvalue weighted by atomic mass is 9.35. The van der Waals surface area contributed by atoms with Crippen LogP contribution in [-0.4, -0.2) is 128 Å². The largest absolute Gasteiger partial charge is 0.394 e.